The zero-order valence-corrected chi connectivity index (χ0v) is 23.0. The summed E-state index contributed by atoms with van der Waals surface area (Å²) in [4.78, 5) is 44.6. The molecule has 0 aliphatic carbocycles. The molecule has 6 nitrogen and oxygen atoms in total. The molecule has 3 aromatic carbocycles. The Labute approximate surface area is 233 Å². The number of benzene rings is 3. The average Bonchev–Trinajstić information content (AvgIpc) is 3.38. The Morgan fingerprint density at radius 1 is 0.973 bits per heavy atom. The maximum Gasteiger partial charge on any atom is 0.305 e. The number of para-hydroxylation sites is 1. The number of ether oxygens (including phenoxy) is 1. The van der Waals surface area contributed by atoms with E-state index in [1.54, 1.807) is 30.3 Å². The molecular formula is C27H18BrClN2O4S2. The number of nitrogens with one attached hydrogen (secondary N) is 1. The van der Waals surface area contributed by atoms with Gasteiger partial charge in [0.05, 0.1) is 16.6 Å². The standard InChI is InChI=1S/C27H18BrClN2O4S2/c28-15-8-10-17(11-9-15)31-25(32)21-20(22-24(30-27(34)37-22)36-23(21)26(31)33)18-6-1-2-7-19(18)35-13-14-4-3-5-16(29)12-14/h1-12,20-21,23H,13H2,(H,30,34). The molecule has 1 N–H and O–H groups in total. The number of thiazole rings is 1. The fourth-order valence-corrected chi connectivity index (χ4v) is 7.84. The lowest BCUT2D eigenvalue weighted by atomic mass is 9.82. The highest BCUT2D eigenvalue weighted by Crippen LogP contribution is 2.54. The highest BCUT2D eigenvalue weighted by Gasteiger charge is 2.56. The van der Waals surface area contributed by atoms with E-state index in [1.807, 2.05) is 42.5 Å². The fraction of sp³-hybridized carbons (Fsp3) is 0.148. The van der Waals surface area contributed by atoms with Crippen LogP contribution in [0.4, 0.5) is 5.69 Å². The van der Waals surface area contributed by atoms with Gasteiger partial charge in [-0.15, -0.1) is 0 Å². The molecule has 4 aromatic rings. The second kappa shape index (κ2) is 9.79. The van der Waals surface area contributed by atoms with Crippen LogP contribution in [0, 0.1) is 5.92 Å². The molecule has 6 rings (SSSR count). The van der Waals surface area contributed by atoms with Crippen molar-refractivity contribution in [2.45, 2.75) is 22.8 Å². The lowest BCUT2D eigenvalue weighted by Crippen LogP contribution is -2.32. The van der Waals surface area contributed by atoms with Gasteiger partial charge in [0.1, 0.15) is 17.6 Å². The van der Waals surface area contributed by atoms with Gasteiger partial charge in [0, 0.05) is 25.9 Å². The quantitative estimate of drug-likeness (QED) is 0.270. The molecule has 2 aliphatic rings. The second-order valence-corrected chi connectivity index (χ2v) is 12.2. The minimum Gasteiger partial charge on any atom is -0.489 e. The highest BCUT2D eigenvalue weighted by molar-refractivity contribution is 9.10. The third-order valence-electron chi connectivity index (χ3n) is 6.45. The Morgan fingerprint density at radius 3 is 2.54 bits per heavy atom. The van der Waals surface area contributed by atoms with Crippen LogP contribution in [-0.4, -0.2) is 22.0 Å². The molecule has 10 heteroatoms. The zero-order chi connectivity index (χ0) is 25.7. The van der Waals surface area contributed by atoms with Crippen molar-refractivity contribution in [2.75, 3.05) is 4.90 Å². The van der Waals surface area contributed by atoms with Gasteiger partial charge in [0.15, 0.2) is 0 Å². The molecule has 3 heterocycles. The van der Waals surface area contributed by atoms with Gasteiger partial charge in [0.2, 0.25) is 11.8 Å². The summed E-state index contributed by atoms with van der Waals surface area (Å²) in [6.07, 6.45) is 0. The van der Waals surface area contributed by atoms with Crippen molar-refractivity contribution in [3.05, 3.63) is 108 Å². The molecule has 3 unspecified atom stereocenters. The van der Waals surface area contributed by atoms with E-state index >= 15 is 0 Å². The summed E-state index contributed by atoms with van der Waals surface area (Å²) in [5.41, 5.74) is 2.18. The molecule has 186 valence electrons. The molecule has 1 fully saturated rings. The predicted octanol–water partition coefficient (Wildman–Crippen LogP) is 6.23. The number of hydrogen-bond donors (Lipinski definition) is 1. The van der Waals surface area contributed by atoms with E-state index in [0.29, 0.717) is 21.5 Å². The van der Waals surface area contributed by atoms with Gasteiger partial charge in [-0.2, -0.15) is 0 Å². The van der Waals surface area contributed by atoms with E-state index in [9.17, 15) is 14.4 Å². The van der Waals surface area contributed by atoms with Gasteiger partial charge in [-0.05, 0) is 48.0 Å². The summed E-state index contributed by atoms with van der Waals surface area (Å²) in [7, 11) is 0. The van der Waals surface area contributed by atoms with E-state index in [4.69, 9.17) is 16.3 Å². The van der Waals surface area contributed by atoms with Crippen molar-refractivity contribution in [1.29, 1.82) is 0 Å². The number of imide groups is 1. The van der Waals surface area contributed by atoms with Gasteiger partial charge in [-0.1, -0.05) is 81.0 Å². The van der Waals surface area contributed by atoms with E-state index in [0.717, 1.165) is 31.8 Å². The number of amides is 2. The van der Waals surface area contributed by atoms with Gasteiger partial charge < -0.3 is 9.72 Å². The molecule has 0 saturated carbocycles. The number of fused-ring (bicyclic) bond motifs is 2. The second-order valence-electron chi connectivity index (χ2n) is 8.69. The minimum absolute atomic E-state index is 0.218. The lowest BCUT2D eigenvalue weighted by molar-refractivity contribution is -0.122. The Hall–Kier alpha value is -2.85. The molecule has 1 aromatic heterocycles. The minimum atomic E-state index is -0.684. The van der Waals surface area contributed by atoms with Crippen LogP contribution in [0.1, 0.15) is 21.9 Å². The Morgan fingerprint density at radius 2 is 1.76 bits per heavy atom. The van der Waals surface area contributed by atoms with E-state index in [-0.39, 0.29) is 23.3 Å². The number of rotatable bonds is 5. The van der Waals surface area contributed by atoms with E-state index < -0.39 is 17.1 Å². The predicted molar refractivity (Wildman–Crippen MR) is 149 cm³/mol. The van der Waals surface area contributed by atoms with Gasteiger partial charge in [-0.25, -0.2) is 4.90 Å². The number of H-pyrrole nitrogens is 1. The molecule has 1 saturated heterocycles. The van der Waals surface area contributed by atoms with E-state index in [1.165, 1.54) is 16.7 Å². The van der Waals surface area contributed by atoms with Crippen LogP contribution in [-0.2, 0) is 16.2 Å². The number of nitrogens with zero attached hydrogens (tertiary/aromatic N) is 1. The molecule has 0 radical (unpaired) electrons. The molecule has 3 atom stereocenters. The van der Waals surface area contributed by atoms with Crippen molar-refractivity contribution in [3.8, 4) is 5.75 Å². The Kier molecular flexibility index (Phi) is 6.48. The van der Waals surface area contributed by atoms with E-state index in [2.05, 4.69) is 20.9 Å². The third-order valence-corrected chi connectivity index (χ3v) is 9.61. The first kappa shape index (κ1) is 24.5. The molecule has 0 bridgehead atoms. The van der Waals surface area contributed by atoms with Crippen LogP contribution < -0.4 is 14.5 Å². The summed E-state index contributed by atoms with van der Waals surface area (Å²) in [6.45, 7) is 0.279. The van der Waals surface area contributed by atoms with Crippen LogP contribution in [0.5, 0.6) is 5.75 Å². The Bertz CT molecular complexity index is 1590. The SMILES string of the molecule is O=C1C2Sc3[nH]c(=O)sc3C(c3ccccc3OCc3cccc(Cl)c3)C2C(=O)N1c1ccc(Br)cc1. The van der Waals surface area contributed by atoms with Crippen LogP contribution in [0.15, 0.2) is 87.1 Å². The topological polar surface area (TPSA) is 79.5 Å². The van der Waals surface area contributed by atoms with Crippen molar-refractivity contribution in [1.82, 2.24) is 4.98 Å². The van der Waals surface area contributed by atoms with Crippen LogP contribution >= 0.6 is 50.6 Å². The average molecular weight is 614 g/mol. The van der Waals surface area contributed by atoms with Crippen LogP contribution in [0.3, 0.4) is 0 Å². The van der Waals surface area contributed by atoms with Gasteiger partial charge >= 0.3 is 4.87 Å². The number of anilines is 1. The summed E-state index contributed by atoms with van der Waals surface area (Å²) in [6, 6.07) is 22.0. The summed E-state index contributed by atoms with van der Waals surface area (Å²) < 4.78 is 7.08. The first-order valence-electron chi connectivity index (χ1n) is 11.4. The first-order chi connectivity index (χ1) is 17.9. The summed E-state index contributed by atoms with van der Waals surface area (Å²) in [5, 5.41) is 0.580. The number of carbonyl (C=O) groups is 2. The number of hydrogen-bond acceptors (Lipinski definition) is 6. The maximum absolute atomic E-state index is 13.9. The normalized spacial score (nSPS) is 20.6. The van der Waals surface area contributed by atoms with Crippen molar-refractivity contribution >= 4 is 68.1 Å². The van der Waals surface area contributed by atoms with Crippen molar-refractivity contribution < 1.29 is 14.3 Å². The third kappa shape index (κ3) is 4.44. The monoisotopic (exact) mass is 612 g/mol. The van der Waals surface area contributed by atoms with Crippen LogP contribution in [0.25, 0.3) is 0 Å². The van der Waals surface area contributed by atoms with Crippen molar-refractivity contribution in [3.63, 3.8) is 0 Å². The first-order valence-corrected chi connectivity index (χ1v) is 14.3. The molecule has 2 aliphatic heterocycles. The summed E-state index contributed by atoms with van der Waals surface area (Å²) in [5.74, 6) is -1.19. The molecular weight excluding hydrogens is 596 g/mol. The fourth-order valence-electron chi connectivity index (χ4n) is 4.85. The number of halogens is 2. The maximum atomic E-state index is 13.9. The smallest absolute Gasteiger partial charge is 0.305 e. The van der Waals surface area contributed by atoms with Crippen molar-refractivity contribution in [2.24, 2.45) is 5.92 Å². The highest BCUT2D eigenvalue weighted by atomic mass is 79.9. The molecule has 0 spiro atoms. The van der Waals surface area contributed by atoms with Gasteiger partial charge in [-0.3, -0.25) is 14.4 Å². The summed E-state index contributed by atoms with van der Waals surface area (Å²) >= 11 is 11.9. The molecule has 37 heavy (non-hydrogen) atoms. The number of thioether (sulfide) groups is 1. The van der Waals surface area contributed by atoms with Crippen LogP contribution in [0.2, 0.25) is 5.02 Å². The molecule has 2 amide bonds. The largest absolute Gasteiger partial charge is 0.489 e. The number of aromatic nitrogens is 1. The zero-order valence-electron chi connectivity index (χ0n) is 19.0. The number of carbonyl (C=O) groups excluding carboxylic acids is 2. The number of aromatic amines is 1. The van der Waals surface area contributed by atoms with Gasteiger partial charge in [0.25, 0.3) is 0 Å². The Balaban J connectivity index is 1.42. The lowest BCUT2D eigenvalue weighted by Gasteiger charge is -2.30.